The van der Waals surface area contributed by atoms with Crippen molar-refractivity contribution in [1.29, 1.82) is 0 Å². The Balaban J connectivity index is 2.80. The number of hydrogen-bond donors (Lipinski definition) is 1. The first-order chi connectivity index (χ1) is 9.08. The highest BCUT2D eigenvalue weighted by atomic mass is 16.5. The Morgan fingerprint density at radius 2 is 1.95 bits per heavy atom. The number of nitrogens with one attached hydrogen (secondary N) is 1. The van der Waals surface area contributed by atoms with Crippen molar-refractivity contribution in [2.24, 2.45) is 0 Å². The minimum absolute atomic E-state index is 0.250. The molecule has 1 amide bonds. The number of anilines is 1. The maximum atomic E-state index is 11.7. The molecule has 0 aliphatic carbocycles. The summed E-state index contributed by atoms with van der Waals surface area (Å²) in [4.78, 5) is 24.8. The van der Waals surface area contributed by atoms with E-state index in [1.54, 1.807) is 0 Å². The number of methoxy groups -OCH3 is 1. The summed E-state index contributed by atoms with van der Waals surface area (Å²) in [6.45, 7) is 4.49. The van der Waals surface area contributed by atoms with Crippen molar-refractivity contribution in [3.8, 4) is 0 Å². The molecule has 1 aromatic rings. The Kier molecular flexibility index (Phi) is 5.85. The lowest BCUT2D eigenvalue weighted by Gasteiger charge is -2.27. The van der Waals surface area contributed by atoms with Crippen LogP contribution in [0.4, 0.5) is 5.69 Å². The van der Waals surface area contributed by atoms with Crippen LogP contribution in [0, 0.1) is 0 Å². The van der Waals surface area contributed by atoms with Gasteiger partial charge in [0.1, 0.15) is 6.04 Å². The molecule has 5 heteroatoms. The highest BCUT2D eigenvalue weighted by Crippen LogP contribution is 2.13. The normalized spacial score (nSPS) is 11.5. The van der Waals surface area contributed by atoms with Crippen LogP contribution in [0.15, 0.2) is 30.3 Å². The molecule has 0 aliphatic heterocycles. The average Bonchev–Trinajstić information content (AvgIpc) is 2.43. The summed E-state index contributed by atoms with van der Waals surface area (Å²) in [7, 11) is 1.32. The summed E-state index contributed by atoms with van der Waals surface area (Å²) in [5.41, 5.74) is 1.00. The molecule has 0 fully saturated rings. The van der Waals surface area contributed by atoms with Gasteiger partial charge in [0, 0.05) is 25.7 Å². The second kappa shape index (κ2) is 7.41. The lowest BCUT2D eigenvalue weighted by molar-refractivity contribution is -0.144. The minimum atomic E-state index is -0.664. The molecule has 1 rings (SSSR count). The summed E-state index contributed by atoms with van der Waals surface area (Å²) in [5, 5.41) is 2.61. The molecule has 0 saturated heterocycles. The largest absolute Gasteiger partial charge is 0.467 e. The minimum Gasteiger partial charge on any atom is -0.467 e. The first-order valence-corrected chi connectivity index (χ1v) is 6.23. The number of carbonyl (C=O) groups excluding carboxylic acids is 2. The summed E-state index contributed by atoms with van der Waals surface area (Å²) < 4.78 is 4.71. The fraction of sp³-hybridized carbons (Fsp3) is 0.429. The summed E-state index contributed by atoms with van der Waals surface area (Å²) in [6, 6.07) is 9.07. The maximum Gasteiger partial charge on any atom is 0.330 e. The van der Waals surface area contributed by atoms with Crippen molar-refractivity contribution in [2.75, 3.05) is 25.1 Å². The molecule has 19 heavy (non-hydrogen) atoms. The molecule has 0 heterocycles. The summed E-state index contributed by atoms with van der Waals surface area (Å²) in [5.74, 6) is -0.691. The number of rotatable bonds is 6. The highest BCUT2D eigenvalue weighted by molar-refractivity contribution is 5.83. The Bertz CT molecular complexity index is 420. The van der Waals surface area contributed by atoms with E-state index in [0.29, 0.717) is 6.54 Å². The van der Waals surface area contributed by atoms with Crippen LogP contribution in [0.1, 0.15) is 13.8 Å². The Morgan fingerprint density at radius 1 is 1.32 bits per heavy atom. The van der Waals surface area contributed by atoms with Crippen molar-refractivity contribution in [3.05, 3.63) is 30.3 Å². The van der Waals surface area contributed by atoms with E-state index in [4.69, 9.17) is 4.74 Å². The van der Waals surface area contributed by atoms with Crippen molar-refractivity contribution in [2.45, 2.75) is 19.9 Å². The molecular weight excluding hydrogens is 244 g/mol. The number of benzene rings is 1. The Hall–Kier alpha value is -2.04. The standard InChI is InChI=1S/C14H20N2O3/c1-4-16(12-8-6-5-7-9-12)10-13(14(18)19-3)15-11(2)17/h5-9,13H,4,10H2,1-3H3,(H,15,17). The predicted octanol–water partition coefficient (Wildman–Crippen LogP) is 1.19. The molecule has 0 spiro atoms. The summed E-state index contributed by atoms with van der Waals surface area (Å²) in [6.07, 6.45) is 0. The van der Waals surface area contributed by atoms with E-state index >= 15 is 0 Å². The molecule has 0 radical (unpaired) electrons. The van der Waals surface area contributed by atoms with Gasteiger partial charge in [-0.05, 0) is 19.1 Å². The molecule has 0 bridgehead atoms. The lowest BCUT2D eigenvalue weighted by atomic mass is 10.2. The maximum absolute atomic E-state index is 11.7. The number of para-hydroxylation sites is 1. The van der Waals surface area contributed by atoms with E-state index in [1.165, 1.54) is 14.0 Å². The highest BCUT2D eigenvalue weighted by Gasteiger charge is 2.22. The molecular formula is C14H20N2O3. The average molecular weight is 264 g/mol. The van der Waals surface area contributed by atoms with E-state index in [1.807, 2.05) is 42.2 Å². The fourth-order valence-electron chi connectivity index (χ4n) is 1.84. The summed E-state index contributed by atoms with van der Waals surface area (Å²) >= 11 is 0. The molecule has 0 aromatic heterocycles. The quantitative estimate of drug-likeness (QED) is 0.784. The van der Waals surface area contributed by atoms with E-state index in [-0.39, 0.29) is 5.91 Å². The Morgan fingerprint density at radius 3 is 2.42 bits per heavy atom. The monoisotopic (exact) mass is 264 g/mol. The zero-order valence-corrected chi connectivity index (χ0v) is 11.6. The topological polar surface area (TPSA) is 58.6 Å². The van der Waals surface area contributed by atoms with Crippen molar-refractivity contribution in [1.82, 2.24) is 5.32 Å². The number of nitrogens with zero attached hydrogens (tertiary/aromatic N) is 1. The number of hydrogen-bond acceptors (Lipinski definition) is 4. The SMILES string of the molecule is CCN(CC(NC(C)=O)C(=O)OC)c1ccccc1. The van der Waals surface area contributed by atoms with E-state index < -0.39 is 12.0 Å². The third-order valence-corrected chi connectivity index (χ3v) is 2.77. The number of amides is 1. The first kappa shape index (κ1) is 15.0. The molecule has 104 valence electrons. The van der Waals surface area contributed by atoms with Crippen molar-refractivity contribution in [3.63, 3.8) is 0 Å². The van der Waals surface area contributed by atoms with Gasteiger partial charge in [-0.1, -0.05) is 18.2 Å². The van der Waals surface area contributed by atoms with E-state index in [9.17, 15) is 9.59 Å². The third-order valence-electron chi connectivity index (χ3n) is 2.77. The van der Waals surface area contributed by atoms with Gasteiger partial charge in [-0.2, -0.15) is 0 Å². The van der Waals surface area contributed by atoms with Crippen LogP contribution >= 0.6 is 0 Å². The van der Waals surface area contributed by atoms with Crippen LogP contribution < -0.4 is 10.2 Å². The van der Waals surface area contributed by atoms with Crippen molar-refractivity contribution < 1.29 is 14.3 Å². The van der Waals surface area contributed by atoms with Gasteiger partial charge in [0.25, 0.3) is 0 Å². The van der Waals surface area contributed by atoms with Crippen LogP contribution in [0.2, 0.25) is 0 Å². The van der Waals surface area contributed by atoms with E-state index in [2.05, 4.69) is 5.32 Å². The van der Waals surface area contributed by atoms with Gasteiger partial charge < -0.3 is 15.0 Å². The molecule has 5 nitrogen and oxygen atoms in total. The molecule has 1 unspecified atom stereocenters. The fourth-order valence-corrected chi connectivity index (χ4v) is 1.84. The zero-order chi connectivity index (χ0) is 14.3. The van der Waals surface area contributed by atoms with Gasteiger partial charge in [0.2, 0.25) is 5.91 Å². The van der Waals surface area contributed by atoms with Crippen LogP contribution in [0.5, 0.6) is 0 Å². The van der Waals surface area contributed by atoms with Gasteiger partial charge in [-0.25, -0.2) is 4.79 Å². The van der Waals surface area contributed by atoms with Gasteiger partial charge in [-0.15, -0.1) is 0 Å². The van der Waals surface area contributed by atoms with Crippen LogP contribution in [-0.4, -0.2) is 38.1 Å². The smallest absolute Gasteiger partial charge is 0.330 e. The van der Waals surface area contributed by atoms with Crippen LogP contribution in [-0.2, 0) is 14.3 Å². The van der Waals surface area contributed by atoms with Gasteiger partial charge in [0.05, 0.1) is 7.11 Å². The third kappa shape index (κ3) is 4.62. The zero-order valence-electron chi connectivity index (χ0n) is 11.6. The van der Waals surface area contributed by atoms with Crippen LogP contribution in [0.3, 0.4) is 0 Å². The van der Waals surface area contributed by atoms with Gasteiger partial charge in [0.15, 0.2) is 0 Å². The molecule has 1 atom stereocenters. The number of esters is 1. The molecule has 0 saturated carbocycles. The number of carbonyl (C=O) groups is 2. The first-order valence-electron chi connectivity index (χ1n) is 6.23. The predicted molar refractivity (Wildman–Crippen MR) is 73.9 cm³/mol. The van der Waals surface area contributed by atoms with Gasteiger partial charge >= 0.3 is 5.97 Å². The van der Waals surface area contributed by atoms with E-state index in [0.717, 1.165) is 12.2 Å². The molecule has 1 aromatic carbocycles. The second-order valence-electron chi connectivity index (χ2n) is 4.15. The van der Waals surface area contributed by atoms with Gasteiger partial charge in [-0.3, -0.25) is 4.79 Å². The second-order valence-corrected chi connectivity index (χ2v) is 4.15. The molecule has 0 aliphatic rings. The number of likely N-dealkylation sites (N-methyl/N-ethyl adjacent to an activating group) is 1. The Labute approximate surface area is 113 Å². The lowest BCUT2D eigenvalue weighted by Crippen LogP contribution is -2.48. The molecule has 1 N–H and O–H groups in total. The number of ether oxygens (including phenoxy) is 1. The van der Waals surface area contributed by atoms with Crippen molar-refractivity contribution >= 4 is 17.6 Å². The van der Waals surface area contributed by atoms with Crippen LogP contribution in [0.25, 0.3) is 0 Å².